The molecule has 2 heterocycles. The van der Waals surface area contributed by atoms with Gasteiger partial charge in [0.15, 0.2) is 0 Å². The molecule has 116 valence electrons. The number of rotatable bonds is 4. The first kappa shape index (κ1) is 15.0. The summed E-state index contributed by atoms with van der Waals surface area (Å²) in [5.74, 6) is 0. The van der Waals surface area contributed by atoms with Gasteiger partial charge in [-0.05, 0) is 18.4 Å². The van der Waals surface area contributed by atoms with Crippen LogP contribution in [0.5, 0.6) is 0 Å². The van der Waals surface area contributed by atoms with Crippen molar-refractivity contribution in [3.8, 4) is 0 Å². The van der Waals surface area contributed by atoms with Gasteiger partial charge in [0.25, 0.3) is 0 Å². The van der Waals surface area contributed by atoms with E-state index in [4.69, 9.17) is 4.74 Å². The van der Waals surface area contributed by atoms with Crippen molar-refractivity contribution in [1.29, 1.82) is 0 Å². The van der Waals surface area contributed by atoms with Crippen LogP contribution < -0.4 is 0 Å². The van der Waals surface area contributed by atoms with Crippen molar-refractivity contribution in [2.45, 2.75) is 33.7 Å². The molecule has 0 unspecified atom stereocenters. The Morgan fingerprint density at radius 2 is 1.91 bits per heavy atom. The molecule has 0 bridgehead atoms. The van der Waals surface area contributed by atoms with Crippen LogP contribution in [-0.4, -0.2) is 27.7 Å². The van der Waals surface area contributed by atoms with Gasteiger partial charge >= 0.3 is 0 Å². The lowest BCUT2D eigenvalue weighted by atomic mass is 9.87. The van der Waals surface area contributed by atoms with Crippen molar-refractivity contribution in [1.82, 2.24) is 14.5 Å². The second kappa shape index (κ2) is 5.69. The molecule has 1 aromatic carbocycles. The summed E-state index contributed by atoms with van der Waals surface area (Å²) in [6.07, 6.45) is 3.78. The number of aromatic nitrogens is 3. The monoisotopic (exact) mass is 297 g/mol. The third-order valence-electron chi connectivity index (χ3n) is 4.12. The summed E-state index contributed by atoms with van der Waals surface area (Å²) in [7, 11) is 0. The van der Waals surface area contributed by atoms with E-state index < -0.39 is 0 Å². The molecule has 0 fully saturated rings. The fourth-order valence-electron chi connectivity index (χ4n) is 2.88. The van der Waals surface area contributed by atoms with E-state index in [2.05, 4.69) is 47.4 Å². The summed E-state index contributed by atoms with van der Waals surface area (Å²) in [6.45, 7) is 10.2. The summed E-state index contributed by atoms with van der Waals surface area (Å²) < 4.78 is 8.00. The number of para-hydroxylation sites is 1. The number of hydrogen-bond acceptors (Lipinski definition) is 3. The molecule has 3 rings (SSSR count). The number of pyridine rings is 1. The molecule has 3 aromatic rings. The molecule has 0 radical (unpaired) electrons. The molecule has 0 saturated heterocycles. The van der Waals surface area contributed by atoms with Crippen LogP contribution in [-0.2, 0) is 4.74 Å². The summed E-state index contributed by atoms with van der Waals surface area (Å²) in [5, 5.41) is 1.14. The van der Waals surface area contributed by atoms with E-state index >= 15 is 0 Å². The van der Waals surface area contributed by atoms with Gasteiger partial charge in [-0.2, -0.15) is 0 Å². The second-order valence-electron chi connectivity index (χ2n) is 6.70. The minimum absolute atomic E-state index is 0.0766. The van der Waals surface area contributed by atoms with E-state index in [1.807, 2.05) is 31.6 Å². The van der Waals surface area contributed by atoms with Crippen LogP contribution in [0.1, 0.15) is 33.7 Å². The Hall–Kier alpha value is -1.94. The van der Waals surface area contributed by atoms with Gasteiger partial charge in [-0.15, -0.1) is 0 Å². The third kappa shape index (κ3) is 2.59. The first-order valence-electron chi connectivity index (χ1n) is 7.80. The summed E-state index contributed by atoms with van der Waals surface area (Å²) in [4.78, 5) is 9.06. The Kier molecular flexibility index (Phi) is 3.87. The predicted molar refractivity (Wildman–Crippen MR) is 90.0 cm³/mol. The van der Waals surface area contributed by atoms with Crippen LogP contribution in [0.4, 0.5) is 0 Å². The lowest BCUT2D eigenvalue weighted by molar-refractivity contribution is 0.0702. The minimum atomic E-state index is 0.0766. The highest BCUT2D eigenvalue weighted by Gasteiger charge is 2.28. The maximum Gasteiger partial charge on any atom is 0.107 e. The SMILES string of the molecule is CCOC[C@@H](n1cnc2cnc3ccccc3c21)C(C)(C)C. The van der Waals surface area contributed by atoms with Gasteiger partial charge in [-0.25, -0.2) is 4.98 Å². The zero-order chi connectivity index (χ0) is 15.7. The van der Waals surface area contributed by atoms with Gasteiger partial charge in [0, 0.05) is 12.0 Å². The Morgan fingerprint density at radius 1 is 1.14 bits per heavy atom. The van der Waals surface area contributed by atoms with Gasteiger partial charge in [-0.1, -0.05) is 39.0 Å². The molecule has 0 aliphatic carbocycles. The minimum Gasteiger partial charge on any atom is -0.380 e. The molecule has 0 N–H and O–H groups in total. The topological polar surface area (TPSA) is 39.9 Å². The van der Waals surface area contributed by atoms with E-state index in [0.717, 1.165) is 28.5 Å². The van der Waals surface area contributed by atoms with Gasteiger partial charge in [0.2, 0.25) is 0 Å². The van der Waals surface area contributed by atoms with Crippen molar-refractivity contribution in [3.63, 3.8) is 0 Å². The molecule has 0 aliphatic rings. The Bertz CT molecular complexity index is 786. The average molecular weight is 297 g/mol. The Morgan fingerprint density at radius 3 is 2.64 bits per heavy atom. The highest BCUT2D eigenvalue weighted by molar-refractivity contribution is 6.02. The smallest absolute Gasteiger partial charge is 0.107 e. The zero-order valence-electron chi connectivity index (χ0n) is 13.7. The standard InChI is InChI=1S/C18H23N3O/c1-5-22-11-16(18(2,3)4)21-12-20-15-10-19-14-9-7-6-8-13(14)17(15)21/h6-10,12,16H,5,11H2,1-4H3/t16-/m1/s1. The highest BCUT2D eigenvalue weighted by Crippen LogP contribution is 2.35. The number of fused-ring (bicyclic) bond motifs is 3. The third-order valence-corrected chi connectivity index (χ3v) is 4.12. The Labute approximate surface area is 131 Å². The van der Waals surface area contributed by atoms with E-state index in [1.165, 1.54) is 0 Å². The molecule has 2 aromatic heterocycles. The van der Waals surface area contributed by atoms with E-state index in [-0.39, 0.29) is 11.5 Å². The average Bonchev–Trinajstić information content (AvgIpc) is 2.90. The number of hydrogen-bond donors (Lipinski definition) is 0. The largest absolute Gasteiger partial charge is 0.380 e. The normalized spacial score (nSPS) is 13.8. The maximum absolute atomic E-state index is 5.74. The summed E-state index contributed by atoms with van der Waals surface area (Å²) >= 11 is 0. The quantitative estimate of drug-likeness (QED) is 0.724. The van der Waals surface area contributed by atoms with Crippen molar-refractivity contribution >= 4 is 21.9 Å². The van der Waals surface area contributed by atoms with Gasteiger partial charge < -0.3 is 9.30 Å². The van der Waals surface area contributed by atoms with Crippen molar-refractivity contribution < 1.29 is 4.74 Å². The molecular weight excluding hydrogens is 274 g/mol. The van der Waals surface area contributed by atoms with Crippen molar-refractivity contribution in [3.05, 3.63) is 36.8 Å². The number of imidazole rings is 1. The van der Waals surface area contributed by atoms with Gasteiger partial charge in [0.1, 0.15) is 5.52 Å². The van der Waals surface area contributed by atoms with E-state index in [1.54, 1.807) is 0 Å². The molecule has 1 atom stereocenters. The van der Waals surface area contributed by atoms with Crippen LogP contribution in [0.25, 0.3) is 21.9 Å². The zero-order valence-corrected chi connectivity index (χ0v) is 13.7. The molecule has 0 amide bonds. The van der Waals surface area contributed by atoms with Crippen LogP contribution in [0.3, 0.4) is 0 Å². The molecule has 22 heavy (non-hydrogen) atoms. The maximum atomic E-state index is 5.74. The van der Waals surface area contributed by atoms with E-state index in [9.17, 15) is 0 Å². The number of benzene rings is 1. The van der Waals surface area contributed by atoms with Crippen LogP contribution >= 0.6 is 0 Å². The molecule has 0 saturated carbocycles. The van der Waals surface area contributed by atoms with Crippen LogP contribution in [0, 0.1) is 5.41 Å². The first-order chi connectivity index (χ1) is 10.5. The first-order valence-corrected chi connectivity index (χ1v) is 7.80. The summed E-state index contributed by atoms with van der Waals surface area (Å²) in [6, 6.07) is 8.45. The highest BCUT2D eigenvalue weighted by atomic mass is 16.5. The predicted octanol–water partition coefficient (Wildman–Crippen LogP) is 4.21. The fourth-order valence-corrected chi connectivity index (χ4v) is 2.88. The van der Waals surface area contributed by atoms with E-state index in [0.29, 0.717) is 6.61 Å². The lowest BCUT2D eigenvalue weighted by Gasteiger charge is -2.32. The fraction of sp³-hybridized carbons (Fsp3) is 0.444. The number of nitrogens with zero attached hydrogens (tertiary/aromatic N) is 3. The molecule has 0 aliphatic heterocycles. The van der Waals surface area contributed by atoms with Gasteiger partial charge in [-0.3, -0.25) is 4.98 Å². The van der Waals surface area contributed by atoms with Crippen molar-refractivity contribution in [2.75, 3.05) is 13.2 Å². The van der Waals surface area contributed by atoms with Crippen molar-refractivity contribution in [2.24, 2.45) is 5.41 Å². The molecule has 0 spiro atoms. The summed E-state index contributed by atoms with van der Waals surface area (Å²) in [5.41, 5.74) is 3.16. The molecule has 4 heteroatoms. The lowest BCUT2D eigenvalue weighted by Crippen LogP contribution is -2.28. The number of ether oxygens (including phenoxy) is 1. The Balaban J connectivity index is 2.22. The molecule has 4 nitrogen and oxygen atoms in total. The van der Waals surface area contributed by atoms with Crippen LogP contribution in [0.15, 0.2) is 36.8 Å². The van der Waals surface area contributed by atoms with Crippen LogP contribution in [0.2, 0.25) is 0 Å². The van der Waals surface area contributed by atoms with Gasteiger partial charge in [0.05, 0.1) is 36.2 Å². The molecular formula is C18H23N3O. The second-order valence-corrected chi connectivity index (χ2v) is 6.70.